The van der Waals surface area contributed by atoms with Gasteiger partial charge < -0.3 is 15.5 Å². The monoisotopic (exact) mass is 526 g/mol. The highest BCUT2D eigenvalue weighted by Gasteiger charge is 2.38. The first-order valence-corrected chi connectivity index (χ1v) is 11.6. The standard InChI is InChI=1S/C25H22F4N8O/c1-3-7-36-14-17(21(34-36)25(27,28)29)19-13-32-23-22(31-6-10-37(19)23)33-16-11-15(2)20(18(26)12-16)24(38)35-8-4-30-5-9-35/h1,6,10-14,30H,4-5,7-9H2,2H3,(H,31,33). The minimum absolute atomic E-state index is 0.00428. The Morgan fingerprint density at radius 3 is 2.68 bits per heavy atom. The summed E-state index contributed by atoms with van der Waals surface area (Å²) in [6, 6.07) is 2.79. The molecule has 38 heavy (non-hydrogen) atoms. The molecule has 1 saturated heterocycles. The molecule has 5 rings (SSSR count). The minimum Gasteiger partial charge on any atom is -0.337 e. The summed E-state index contributed by atoms with van der Waals surface area (Å²) in [5.74, 6) is 1.38. The highest BCUT2D eigenvalue weighted by molar-refractivity contribution is 5.96. The van der Waals surface area contributed by atoms with E-state index in [1.165, 1.54) is 35.3 Å². The molecule has 1 aromatic carbocycles. The molecule has 0 aliphatic carbocycles. The van der Waals surface area contributed by atoms with Gasteiger partial charge in [-0.05, 0) is 24.6 Å². The molecule has 4 heterocycles. The molecule has 0 bridgehead atoms. The second-order valence-corrected chi connectivity index (χ2v) is 8.72. The molecule has 9 nitrogen and oxygen atoms in total. The van der Waals surface area contributed by atoms with Crippen LogP contribution in [0.25, 0.3) is 16.9 Å². The molecule has 0 radical (unpaired) electrons. The molecule has 13 heteroatoms. The number of halogens is 4. The van der Waals surface area contributed by atoms with Crippen molar-refractivity contribution in [3.8, 4) is 23.6 Å². The largest absolute Gasteiger partial charge is 0.435 e. The van der Waals surface area contributed by atoms with Crippen molar-refractivity contribution in [3.63, 3.8) is 0 Å². The van der Waals surface area contributed by atoms with Gasteiger partial charge in [-0.15, -0.1) is 6.42 Å². The number of rotatable bonds is 5. The molecule has 3 aromatic heterocycles. The molecule has 0 atom stereocenters. The first-order chi connectivity index (χ1) is 18.2. The number of hydrogen-bond donors (Lipinski definition) is 2. The third-order valence-electron chi connectivity index (χ3n) is 6.16. The fourth-order valence-electron chi connectivity index (χ4n) is 4.45. The summed E-state index contributed by atoms with van der Waals surface area (Å²) in [4.78, 5) is 23.0. The average Bonchev–Trinajstić information content (AvgIpc) is 3.49. The maximum absolute atomic E-state index is 15.1. The van der Waals surface area contributed by atoms with E-state index in [-0.39, 0.29) is 40.7 Å². The summed E-state index contributed by atoms with van der Waals surface area (Å²) >= 11 is 0. The van der Waals surface area contributed by atoms with Gasteiger partial charge in [-0.1, -0.05) is 5.92 Å². The van der Waals surface area contributed by atoms with Crippen molar-refractivity contribution in [1.82, 2.24) is 34.4 Å². The van der Waals surface area contributed by atoms with Crippen molar-refractivity contribution in [2.45, 2.75) is 19.6 Å². The predicted molar refractivity (Wildman–Crippen MR) is 131 cm³/mol. The molecule has 1 fully saturated rings. The maximum atomic E-state index is 15.1. The number of amides is 1. The number of carbonyl (C=O) groups excluding carboxylic acids is 1. The number of piperazine rings is 1. The fourth-order valence-corrected chi connectivity index (χ4v) is 4.45. The average molecular weight is 526 g/mol. The highest BCUT2D eigenvalue weighted by atomic mass is 19.4. The van der Waals surface area contributed by atoms with Crippen LogP contribution in [0.15, 0.2) is 36.9 Å². The third kappa shape index (κ3) is 4.66. The second kappa shape index (κ2) is 9.79. The van der Waals surface area contributed by atoms with E-state index < -0.39 is 17.7 Å². The predicted octanol–water partition coefficient (Wildman–Crippen LogP) is 3.48. The fraction of sp³-hybridized carbons (Fsp3) is 0.280. The summed E-state index contributed by atoms with van der Waals surface area (Å²) in [6.07, 6.45) is 5.85. The number of alkyl halides is 3. The lowest BCUT2D eigenvalue weighted by Crippen LogP contribution is -2.46. The van der Waals surface area contributed by atoms with Gasteiger partial charge in [0.05, 0.1) is 23.0 Å². The van der Waals surface area contributed by atoms with Crippen molar-refractivity contribution < 1.29 is 22.4 Å². The highest BCUT2D eigenvalue weighted by Crippen LogP contribution is 2.37. The van der Waals surface area contributed by atoms with Crippen molar-refractivity contribution in [2.24, 2.45) is 0 Å². The number of terminal acetylenes is 1. The van der Waals surface area contributed by atoms with Crippen LogP contribution in [0.4, 0.5) is 29.1 Å². The SMILES string of the molecule is C#CCn1cc(-c2cnc3c(Nc4cc(C)c(C(=O)N5CCNCC5)c(F)c4)nccn23)c(C(F)(F)F)n1. The lowest BCUT2D eigenvalue weighted by atomic mass is 10.1. The number of carbonyl (C=O) groups is 1. The summed E-state index contributed by atoms with van der Waals surface area (Å²) in [5, 5.41) is 9.72. The van der Waals surface area contributed by atoms with E-state index >= 15 is 4.39 Å². The Balaban J connectivity index is 1.49. The molecule has 1 amide bonds. The molecule has 4 aromatic rings. The van der Waals surface area contributed by atoms with Gasteiger partial charge in [0.2, 0.25) is 0 Å². The summed E-state index contributed by atoms with van der Waals surface area (Å²) in [5.41, 5.74) is -0.226. The van der Waals surface area contributed by atoms with E-state index in [0.717, 1.165) is 4.68 Å². The minimum atomic E-state index is -4.72. The quantitative estimate of drug-likeness (QED) is 0.306. The van der Waals surface area contributed by atoms with Gasteiger partial charge in [0.25, 0.3) is 5.91 Å². The van der Waals surface area contributed by atoms with Crippen LogP contribution in [0.1, 0.15) is 21.6 Å². The number of fused-ring (bicyclic) bond motifs is 1. The summed E-state index contributed by atoms with van der Waals surface area (Å²) < 4.78 is 58.7. The zero-order valence-corrected chi connectivity index (χ0v) is 20.2. The van der Waals surface area contributed by atoms with Crippen molar-refractivity contribution in [1.29, 1.82) is 0 Å². The number of aromatic nitrogens is 5. The first kappa shape index (κ1) is 25.2. The molecule has 0 unspecified atom stereocenters. The Morgan fingerprint density at radius 2 is 2.00 bits per heavy atom. The van der Waals surface area contributed by atoms with Gasteiger partial charge in [0, 0.05) is 50.5 Å². The Labute approximate surface area is 214 Å². The van der Waals surface area contributed by atoms with E-state index in [1.807, 2.05) is 0 Å². The zero-order valence-electron chi connectivity index (χ0n) is 20.2. The molecule has 2 N–H and O–H groups in total. The van der Waals surface area contributed by atoms with Crippen LogP contribution in [0.5, 0.6) is 0 Å². The third-order valence-corrected chi connectivity index (χ3v) is 6.16. The number of imidazole rings is 1. The van der Waals surface area contributed by atoms with E-state index in [9.17, 15) is 18.0 Å². The Morgan fingerprint density at radius 1 is 1.24 bits per heavy atom. The van der Waals surface area contributed by atoms with Crippen LogP contribution >= 0.6 is 0 Å². The first-order valence-electron chi connectivity index (χ1n) is 11.6. The van der Waals surface area contributed by atoms with Gasteiger partial charge in [0.1, 0.15) is 12.4 Å². The van der Waals surface area contributed by atoms with Crippen LogP contribution < -0.4 is 10.6 Å². The molecule has 0 saturated carbocycles. The van der Waals surface area contributed by atoms with Gasteiger partial charge in [-0.3, -0.25) is 13.9 Å². The topological polar surface area (TPSA) is 92.4 Å². The number of aryl methyl sites for hydroxylation is 1. The van der Waals surface area contributed by atoms with Crippen LogP contribution in [0, 0.1) is 25.1 Å². The molecule has 196 valence electrons. The van der Waals surface area contributed by atoms with Crippen LogP contribution in [0.3, 0.4) is 0 Å². The Kier molecular flexibility index (Phi) is 6.50. The van der Waals surface area contributed by atoms with Crippen molar-refractivity contribution >= 4 is 23.1 Å². The second-order valence-electron chi connectivity index (χ2n) is 8.72. The summed E-state index contributed by atoms with van der Waals surface area (Å²) in [6.45, 7) is 3.77. The number of anilines is 2. The van der Waals surface area contributed by atoms with Crippen molar-refractivity contribution in [2.75, 3.05) is 31.5 Å². The Hall–Kier alpha value is -4.44. The summed E-state index contributed by atoms with van der Waals surface area (Å²) in [7, 11) is 0. The van der Waals surface area contributed by atoms with Gasteiger partial charge in [-0.25, -0.2) is 14.4 Å². The molecule has 1 aliphatic heterocycles. The van der Waals surface area contributed by atoms with Gasteiger partial charge in [0.15, 0.2) is 17.2 Å². The van der Waals surface area contributed by atoms with Crippen LogP contribution in [-0.2, 0) is 12.7 Å². The number of nitrogens with zero attached hydrogens (tertiary/aromatic N) is 6. The number of benzene rings is 1. The molecular weight excluding hydrogens is 504 g/mol. The zero-order chi connectivity index (χ0) is 27.0. The van der Waals surface area contributed by atoms with Crippen molar-refractivity contribution in [3.05, 3.63) is 59.6 Å². The normalized spacial score (nSPS) is 14.1. The number of hydrogen-bond acceptors (Lipinski definition) is 6. The molecular formula is C25H22F4N8O. The van der Waals surface area contributed by atoms with E-state index in [4.69, 9.17) is 6.42 Å². The van der Waals surface area contributed by atoms with Gasteiger partial charge >= 0.3 is 6.18 Å². The van der Waals surface area contributed by atoms with Crippen LogP contribution in [0.2, 0.25) is 0 Å². The molecule has 1 aliphatic rings. The smallest absolute Gasteiger partial charge is 0.337 e. The Bertz CT molecular complexity index is 1540. The number of nitrogens with one attached hydrogen (secondary N) is 2. The van der Waals surface area contributed by atoms with Crippen LogP contribution in [-0.4, -0.2) is 61.1 Å². The van der Waals surface area contributed by atoms with E-state index in [2.05, 4.69) is 31.6 Å². The van der Waals surface area contributed by atoms with E-state index in [1.54, 1.807) is 17.9 Å². The maximum Gasteiger partial charge on any atom is 0.435 e. The lowest BCUT2D eigenvalue weighted by Gasteiger charge is -2.28. The van der Waals surface area contributed by atoms with E-state index in [0.29, 0.717) is 37.4 Å². The van der Waals surface area contributed by atoms with Gasteiger partial charge in [-0.2, -0.15) is 18.3 Å². The lowest BCUT2D eigenvalue weighted by molar-refractivity contribution is -0.141. The molecule has 0 spiro atoms.